The Morgan fingerprint density at radius 2 is 1.90 bits per heavy atom. The molecule has 4 heterocycles. The van der Waals surface area contributed by atoms with Crippen LogP contribution in [0.15, 0.2) is 107 Å². The zero-order valence-corrected chi connectivity index (χ0v) is 28.6. The molecule has 5 aromatic rings. The van der Waals surface area contributed by atoms with Gasteiger partial charge in [0, 0.05) is 11.6 Å². The van der Waals surface area contributed by atoms with E-state index in [9.17, 15) is 22.8 Å². The molecule has 0 unspecified atom stereocenters. The van der Waals surface area contributed by atoms with Gasteiger partial charge in [0.2, 0.25) is 0 Å². The third-order valence-corrected chi connectivity index (χ3v) is 9.53. The van der Waals surface area contributed by atoms with Gasteiger partial charge in [-0.2, -0.15) is 13.2 Å². The molecule has 1 aliphatic rings. The van der Waals surface area contributed by atoms with Crippen molar-refractivity contribution in [3.8, 4) is 17.0 Å². The fourth-order valence-corrected chi connectivity index (χ4v) is 7.35. The molecule has 0 N–H and O–H groups in total. The van der Waals surface area contributed by atoms with Gasteiger partial charge in [-0.15, -0.1) is 0 Å². The summed E-state index contributed by atoms with van der Waals surface area (Å²) in [5, 5.41) is 0.0605. The number of thiazole rings is 1. The lowest BCUT2D eigenvalue weighted by molar-refractivity contribution is -0.141. The van der Waals surface area contributed by atoms with Crippen LogP contribution < -0.4 is 19.6 Å². The molecule has 9 nitrogen and oxygen atoms in total. The number of furan rings is 1. The lowest BCUT2D eigenvalue weighted by atomic mass is 9.96. The topological polar surface area (TPSA) is 109 Å². The summed E-state index contributed by atoms with van der Waals surface area (Å²) in [6, 6.07) is 16.9. The number of benzene rings is 2. The Balaban J connectivity index is 1.38. The highest BCUT2D eigenvalue weighted by Gasteiger charge is 2.35. The van der Waals surface area contributed by atoms with Gasteiger partial charge in [-0.3, -0.25) is 9.36 Å². The van der Waals surface area contributed by atoms with Gasteiger partial charge in [-0.25, -0.2) is 19.8 Å². The molecule has 1 aliphatic heterocycles. The molecule has 246 valence electrons. The van der Waals surface area contributed by atoms with Crippen LogP contribution in [0.5, 0.6) is 5.75 Å². The third-order valence-electron chi connectivity index (χ3n) is 7.14. The van der Waals surface area contributed by atoms with E-state index in [0.29, 0.717) is 31.8 Å². The van der Waals surface area contributed by atoms with Crippen molar-refractivity contribution in [3.63, 3.8) is 0 Å². The molecular formula is C33H24BrF3N4O5S2. The Labute approximate surface area is 287 Å². The molecule has 2 aromatic carbocycles. The lowest BCUT2D eigenvalue weighted by Gasteiger charge is -2.25. The van der Waals surface area contributed by atoms with Gasteiger partial charge in [0.1, 0.15) is 17.2 Å². The SMILES string of the molecule is CCOC(=O)C1=C(C)N=c2s/c(=C/c3ccc(Sc4nc(-c5ccccc5)cc(C(F)(F)F)n4)o3)c(=O)n2[C@@H]1c1ccc(OC)c(Br)c1. The van der Waals surface area contributed by atoms with E-state index in [4.69, 9.17) is 13.9 Å². The van der Waals surface area contributed by atoms with Crippen LogP contribution in [0, 0.1) is 0 Å². The second kappa shape index (κ2) is 13.6. The molecule has 0 aliphatic carbocycles. The number of hydrogen-bond acceptors (Lipinski definition) is 10. The molecule has 1 atom stereocenters. The summed E-state index contributed by atoms with van der Waals surface area (Å²) in [5.74, 6) is 0.246. The molecule has 0 saturated carbocycles. The molecule has 0 saturated heterocycles. The molecule has 0 amide bonds. The van der Waals surface area contributed by atoms with E-state index in [1.165, 1.54) is 17.8 Å². The minimum Gasteiger partial charge on any atom is -0.496 e. The van der Waals surface area contributed by atoms with Crippen molar-refractivity contribution >= 4 is 51.1 Å². The van der Waals surface area contributed by atoms with Gasteiger partial charge in [0.15, 0.2) is 15.1 Å². The van der Waals surface area contributed by atoms with Crippen molar-refractivity contribution in [1.82, 2.24) is 14.5 Å². The van der Waals surface area contributed by atoms with Crippen LogP contribution in [0.25, 0.3) is 17.3 Å². The average molecular weight is 758 g/mol. The summed E-state index contributed by atoms with van der Waals surface area (Å²) in [4.78, 5) is 40.1. The Bertz CT molecular complexity index is 2250. The second-order valence-electron chi connectivity index (χ2n) is 10.2. The van der Waals surface area contributed by atoms with Crippen LogP contribution >= 0.6 is 39.0 Å². The summed E-state index contributed by atoms with van der Waals surface area (Å²) in [6.07, 6.45) is -3.17. The maximum absolute atomic E-state index is 13.9. The number of ether oxygens (including phenoxy) is 2. The maximum atomic E-state index is 13.9. The summed E-state index contributed by atoms with van der Waals surface area (Å²) in [5.41, 5.74) is 0.368. The summed E-state index contributed by atoms with van der Waals surface area (Å²) in [7, 11) is 1.53. The van der Waals surface area contributed by atoms with Crippen LogP contribution in [-0.2, 0) is 15.7 Å². The van der Waals surface area contributed by atoms with E-state index in [1.807, 2.05) is 0 Å². The number of allylic oxidation sites excluding steroid dienone is 1. The highest BCUT2D eigenvalue weighted by Crippen LogP contribution is 2.36. The lowest BCUT2D eigenvalue weighted by Crippen LogP contribution is -2.39. The van der Waals surface area contributed by atoms with Gasteiger partial charge >= 0.3 is 12.1 Å². The van der Waals surface area contributed by atoms with E-state index < -0.39 is 29.4 Å². The normalized spacial score (nSPS) is 14.9. The number of aromatic nitrogens is 3. The summed E-state index contributed by atoms with van der Waals surface area (Å²) < 4.78 is 60.0. The fraction of sp³-hybridized carbons (Fsp3) is 0.182. The van der Waals surface area contributed by atoms with Gasteiger partial charge in [0.05, 0.1) is 45.7 Å². The second-order valence-corrected chi connectivity index (χ2v) is 13.1. The highest BCUT2D eigenvalue weighted by atomic mass is 79.9. The van der Waals surface area contributed by atoms with Crippen molar-refractivity contribution < 1.29 is 31.9 Å². The number of fused-ring (bicyclic) bond motifs is 1. The smallest absolute Gasteiger partial charge is 0.433 e. The van der Waals surface area contributed by atoms with Crippen LogP contribution in [0.1, 0.15) is 36.9 Å². The Kier molecular flexibility index (Phi) is 9.45. The van der Waals surface area contributed by atoms with Gasteiger partial charge in [-0.1, -0.05) is 47.7 Å². The molecule has 3 aromatic heterocycles. The van der Waals surface area contributed by atoms with Crippen molar-refractivity contribution in [1.29, 1.82) is 0 Å². The largest absolute Gasteiger partial charge is 0.496 e. The molecule has 0 spiro atoms. The Morgan fingerprint density at radius 3 is 2.58 bits per heavy atom. The predicted molar refractivity (Wildman–Crippen MR) is 176 cm³/mol. The van der Waals surface area contributed by atoms with Crippen LogP contribution in [0.3, 0.4) is 0 Å². The van der Waals surface area contributed by atoms with E-state index in [2.05, 4.69) is 30.9 Å². The summed E-state index contributed by atoms with van der Waals surface area (Å²) >= 11 is 5.41. The van der Waals surface area contributed by atoms with E-state index in [1.54, 1.807) is 74.5 Å². The Morgan fingerprint density at radius 1 is 1.12 bits per heavy atom. The number of hydrogen-bond donors (Lipinski definition) is 0. The van der Waals surface area contributed by atoms with Crippen LogP contribution in [-0.4, -0.2) is 34.2 Å². The third kappa shape index (κ3) is 6.75. The predicted octanol–water partition coefficient (Wildman–Crippen LogP) is 6.79. The first-order valence-electron chi connectivity index (χ1n) is 14.3. The van der Waals surface area contributed by atoms with Crippen LogP contribution in [0.4, 0.5) is 13.2 Å². The van der Waals surface area contributed by atoms with Gasteiger partial charge < -0.3 is 13.9 Å². The van der Waals surface area contributed by atoms with Crippen LogP contribution in [0.2, 0.25) is 0 Å². The first-order chi connectivity index (χ1) is 23.0. The highest BCUT2D eigenvalue weighted by molar-refractivity contribution is 9.10. The quantitative estimate of drug-likeness (QED) is 0.126. The zero-order valence-electron chi connectivity index (χ0n) is 25.4. The molecule has 6 rings (SSSR count). The van der Waals surface area contributed by atoms with E-state index in [-0.39, 0.29) is 38.4 Å². The minimum atomic E-state index is -4.68. The molecule has 48 heavy (non-hydrogen) atoms. The van der Waals surface area contributed by atoms with Crippen molar-refractivity contribution in [2.24, 2.45) is 4.99 Å². The number of alkyl halides is 3. The van der Waals surface area contributed by atoms with Crippen molar-refractivity contribution in [2.45, 2.75) is 36.3 Å². The number of nitrogens with zero attached hydrogens (tertiary/aromatic N) is 4. The number of esters is 1. The fourth-order valence-electron chi connectivity index (χ4n) is 5.02. The first kappa shape index (κ1) is 33.4. The molecule has 0 radical (unpaired) electrons. The van der Waals surface area contributed by atoms with Crippen molar-refractivity contribution in [2.75, 3.05) is 13.7 Å². The van der Waals surface area contributed by atoms with E-state index >= 15 is 0 Å². The molecule has 0 fully saturated rings. The number of rotatable bonds is 8. The molecule has 0 bridgehead atoms. The van der Waals surface area contributed by atoms with Gasteiger partial charge in [0.25, 0.3) is 5.56 Å². The minimum absolute atomic E-state index is 0.115. The maximum Gasteiger partial charge on any atom is 0.433 e. The standard InChI is InChI=1S/C33H24BrF3N4O5S2/c1-4-45-30(43)27-17(2)38-32-41(28(27)19-10-12-23(44-3)21(34)14-19)29(42)24(47-32)15-20-11-13-26(46-20)48-31-39-22(18-8-6-5-7-9-18)16-25(40-31)33(35,36)37/h5-16,28H,4H2,1-3H3/b24-15+/t28-/m1/s1. The Hall–Kier alpha value is -4.47. The molecule has 15 heteroatoms. The number of carbonyl (C=O) groups excluding carboxylic acids is 1. The van der Waals surface area contributed by atoms with E-state index in [0.717, 1.165) is 29.2 Å². The average Bonchev–Trinajstić information content (AvgIpc) is 3.62. The first-order valence-corrected chi connectivity index (χ1v) is 16.7. The number of halogens is 4. The zero-order chi connectivity index (χ0) is 34.2. The summed E-state index contributed by atoms with van der Waals surface area (Å²) in [6.45, 7) is 3.51. The number of methoxy groups -OCH3 is 1. The molecular weight excluding hydrogens is 733 g/mol. The number of carbonyl (C=O) groups is 1. The van der Waals surface area contributed by atoms with Crippen molar-refractivity contribution in [3.05, 3.63) is 119 Å². The van der Waals surface area contributed by atoms with Gasteiger partial charge in [-0.05, 0) is 77.4 Å². The monoisotopic (exact) mass is 756 g/mol.